The van der Waals surface area contributed by atoms with Crippen LogP contribution in [0.5, 0.6) is 0 Å². The van der Waals surface area contributed by atoms with Gasteiger partial charge in [0.2, 0.25) is 11.8 Å². The van der Waals surface area contributed by atoms with Crippen molar-refractivity contribution in [2.45, 2.75) is 51.9 Å². The van der Waals surface area contributed by atoms with E-state index >= 15 is 0 Å². The molecule has 29 heavy (non-hydrogen) atoms. The van der Waals surface area contributed by atoms with Crippen LogP contribution in [0.3, 0.4) is 0 Å². The molecule has 1 saturated heterocycles. The molecule has 1 fully saturated rings. The van der Waals surface area contributed by atoms with Crippen LogP contribution in [0.2, 0.25) is 0 Å². The first-order valence-electron chi connectivity index (χ1n) is 10.3. The summed E-state index contributed by atoms with van der Waals surface area (Å²) in [7, 11) is 1.63. The fourth-order valence-corrected chi connectivity index (χ4v) is 3.92. The van der Waals surface area contributed by atoms with Crippen LogP contribution >= 0.6 is 0 Å². The minimum atomic E-state index is -0.0413. The van der Waals surface area contributed by atoms with Crippen LogP contribution in [0.15, 0.2) is 30.3 Å². The van der Waals surface area contributed by atoms with Crippen molar-refractivity contribution in [2.24, 2.45) is 0 Å². The first-order chi connectivity index (χ1) is 14.0. The van der Waals surface area contributed by atoms with Gasteiger partial charge in [-0.05, 0) is 38.7 Å². The molecule has 2 amide bonds. The highest BCUT2D eigenvalue weighted by Gasteiger charge is 2.27. The number of rotatable bonds is 6. The maximum atomic E-state index is 12.7. The zero-order valence-corrected chi connectivity index (χ0v) is 17.6. The second-order valence-corrected chi connectivity index (χ2v) is 7.75. The standard InChI is InChI=1S/C23H30N4O2/c1-16-20(14-21(28)24-3)17(2)26-23(25-16)19-10-7-13-27(15-19)22(29)12-11-18-8-5-4-6-9-18/h4-6,8-9,19H,7,10-15H2,1-3H3,(H,24,28)/t19-/m1/s1. The number of aromatic nitrogens is 2. The summed E-state index contributed by atoms with van der Waals surface area (Å²) in [6.07, 6.45) is 3.53. The monoisotopic (exact) mass is 394 g/mol. The van der Waals surface area contributed by atoms with Gasteiger partial charge in [0.15, 0.2) is 0 Å². The molecule has 154 valence electrons. The predicted molar refractivity (Wildman–Crippen MR) is 113 cm³/mol. The highest BCUT2D eigenvalue weighted by Crippen LogP contribution is 2.26. The average Bonchev–Trinajstić information content (AvgIpc) is 2.75. The van der Waals surface area contributed by atoms with E-state index in [2.05, 4.69) is 17.4 Å². The Balaban J connectivity index is 1.65. The third-order valence-corrected chi connectivity index (χ3v) is 5.66. The Labute approximate surface area is 172 Å². The SMILES string of the molecule is CNC(=O)Cc1c(C)nc([C@@H]2CCCN(C(=O)CCc3ccccc3)C2)nc1C. The van der Waals surface area contributed by atoms with E-state index in [1.54, 1.807) is 7.05 Å². The van der Waals surface area contributed by atoms with Crippen LogP contribution in [-0.2, 0) is 22.4 Å². The summed E-state index contributed by atoms with van der Waals surface area (Å²) in [5, 5.41) is 2.65. The van der Waals surface area contributed by atoms with Gasteiger partial charge in [-0.2, -0.15) is 0 Å². The van der Waals surface area contributed by atoms with Gasteiger partial charge in [-0.1, -0.05) is 30.3 Å². The number of nitrogens with one attached hydrogen (secondary N) is 1. The van der Waals surface area contributed by atoms with Crippen LogP contribution in [0, 0.1) is 13.8 Å². The zero-order valence-electron chi connectivity index (χ0n) is 17.6. The lowest BCUT2D eigenvalue weighted by molar-refractivity contribution is -0.132. The van der Waals surface area contributed by atoms with Gasteiger partial charge >= 0.3 is 0 Å². The number of amides is 2. The Hall–Kier alpha value is -2.76. The predicted octanol–water partition coefficient (Wildman–Crippen LogP) is 2.72. The molecule has 1 atom stereocenters. The Morgan fingerprint density at radius 2 is 1.83 bits per heavy atom. The smallest absolute Gasteiger partial charge is 0.224 e. The number of hydrogen-bond donors (Lipinski definition) is 1. The van der Waals surface area contributed by atoms with Crippen LogP contribution in [0.1, 0.15) is 53.5 Å². The fourth-order valence-electron chi connectivity index (χ4n) is 3.92. The van der Waals surface area contributed by atoms with Crippen LogP contribution < -0.4 is 5.32 Å². The molecular formula is C23H30N4O2. The average molecular weight is 395 g/mol. The summed E-state index contributed by atoms with van der Waals surface area (Å²) in [4.78, 5) is 35.8. The Morgan fingerprint density at radius 1 is 1.14 bits per heavy atom. The summed E-state index contributed by atoms with van der Waals surface area (Å²) in [5.41, 5.74) is 3.78. The lowest BCUT2D eigenvalue weighted by atomic mass is 9.95. The van der Waals surface area contributed by atoms with Crippen molar-refractivity contribution in [3.05, 3.63) is 58.7 Å². The molecule has 1 aliphatic rings. The quantitative estimate of drug-likeness (QED) is 0.817. The number of piperidine rings is 1. The largest absolute Gasteiger partial charge is 0.359 e. The highest BCUT2D eigenvalue weighted by atomic mass is 16.2. The van der Waals surface area contributed by atoms with E-state index < -0.39 is 0 Å². The van der Waals surface area contributed by atoms with E-state index in [-0.39, 0.29) is 17.7 Å². The van der Waals surface area contributed by atoms with E-state index in [4.69, 9.17) is 9.97 Å². The maximum Gasteiger partial charge on any atom is 0.224 e. The number of likely N-dealkylation sites (tertiary alicyclic amines) is 1. The Kier molecular flexibility index (Phi) is 6.96. The Morgan fingerprint density at radius 3 is 2.48 bits per heavy atom. The van der Waals surface area contributed by atoms with Gasteiger partial charge in [-0.15, -0.1) is 0 Å². The van der Waals surface area contributed by atoms with Gasteiger partial charge in [-0.25, -0.2) is 9.97 Å². The molecule has 0 spiro atoms. The maximum absolute atomic E-state index is 12.7. The van der Waals surface area contributed by atoms with Gasteiger partial charge in [0.25, 0.3) is 0 Å². The number of likely N-dealkylation sites (N-methyl/N-ethyl adjacent to an activating group) is 1. The summed E-state index contributed by atoms with van der Waals surface area (Å²) in [6, 6.07) is 10.1. The molecule has 6 nitrogen and oxygen atoms in total. The van der Waals surface area contributed by atoms with Crippen molar-refractivity contribution in [2.75, 3.05) is 20.1 Å². The van der Waals surface area contributed by atoms with Crippen LogP contribution in [0.25, 0.3) is 0 Å². The second kappa shape index (κ2) is 9.63. The van der Waals surface area contributed by atoms with Crippen molar-refractivity contribution in [1.82, 2.24) is 20.2 Å². The molecule has 1 N–H and O–H groups in total. The molecule has 3 rings (SSSR count). The summed E-state index contributed by atoms with van der Waals surface area (Å²) in [6.45, 7) is 5.34. The molecule has 0 unspecified atom stereocenters. The van der Waals surface area contributed by atoms with Crippen LogP contribution in [0.4, 0.5) is 0 Å². The van der Waals surface area contributed by atoms with E-state index in [0.29, 0.717) is 19.4 Å². The molecule has 2 aromatic rings. The first-order valence-corrected chi connectivity index (χ1v) is 10.3. The van der Waals surface area contributed by atoms with Crippen molar-refractivity contribution < 1.29 is 9.59 Å². The molecule has 0 bridgehead atoms. The summed E-state index contributed by atoms with van der Waals surface area (Å²) < 4.78 is 0. The lowest BCUT2D eigenvalue weighted by Crippen LogP contribution is -2.39. The molecule has 0 aliphatic carbocycles. The lowest BCUT2D eigenvalue weighted by Gasteiger charge is -2.32. The van der Waals surface area contributed by atoms with Crippen molar-refractivity contribution >= 4 is 11.8 Å². The zero-order chi connectivity index (χ0) is 20.8. The van der Waals surface area contributed by atoms with E-state index in [0.717, 1.165) is 48.6 Å². The third kappa shape index (κ3) is 5.40. The molecule has 6 heteroatoms. The summed E-state index contributed by atoms with van der Waals surface area (Å²) in [5.74, 6) is 1.10. The van der Waals surface area contributed by atoms with E-state index in [1.165, 1.54) is 5.56 Å². The minimum absolute atomic E-state index is 0.0413. The van der Waals surface area contributed by atoms with Gasteiger partial charge in [0, 0.05) is 49.4 Å². The number of carbonyl (C=O) groups excluding carboxylic acids is 2. The van der Waals surface area contributed by atoms with Gasteiger partial charge in [-0.3, -0.25) is 9.59 Å². The highest BCUT2D eigenvalue weighted by molar-refractivity contribution is 5.78. The number of nitrogens with zero attached hydrogens (tertiary/aromatic N) is 3. The normalized spacial score (nSPS) is 16.5. The van der Waals surface area contributed by atoms with Gasteiger partial charge in [0.05, 0.1) is 6.42 Å². The Bertz CT molecular complexity index is 843. The van der Waals surface area contributed by atoms with Crippen molar-refractivity contribution in [1.29, 1.82) is 0 Å². The van der Waals surface area contributed by atoms with Gasteiger partial charge < -0.3 is 10.2 Å². The minimum Gasteiger partial charge on any atom is -0.359 e. The molecule has 0 radical (unpaired) electrons. The van der Waals surface area contributed by atoms with E-state index in [9.17, 15) is 9.59 Å². The van der Waals surface area contributed by atoms with Gasteiger partial charge in [0.1, 0.15) is 5.82 Å². The van der Waals surface area contributed by atoms with Crippen LogP contribution in [-0.4, -0.2) is 46.8 Å². The topological polar surface area (TPSA) is 75.2 Å². The molecule has 0 saturated carbocycles. The van der Waals surface area contributed by atoms with Crippen molar-refractivity contribution in [3.63, 3.8) is 0 Å². The summed E-state index contributed by atoms with van der Waals surface area (Å²) >= 11 is 0. The molecule has 2 heterocycles. The third-order valence-electron chi connectivity index (χ3n) is 5.66. The number of hydrogen-bond acceptors (Lipinski definition) is 4. The molecular weight excluding hydrogens is 364 g/mol. The molecule has 1 aromatic heterocycles. The second-order valence-electron chi connectivity index (χ2n) is 7.75. The number of aryl methyl sites for hydroxylation is 3. The molecule has 1 aromatic carbocycles. The number of benzene rings is 1. The first kappa shape index (κ1) is 21.0. The fraction of sp³-hybridized carbons (Fsp3) is 0.478. The number of carbonyl (C=O) groups is 2. The molecule has 1 aliphatic heterocycles. The van der Waals surface area contributed by atoms with Crippen molar-refractivity contribution in [3.8, 4) is 0 Å². The van der Waals surface area contributed by atoms with E-state index in [1.807, 2.05) is 36.9 Å².